The van der Waals surface area contributed by atoms with Crippen molar-refractivity contribution in [3.63, 3.8) is 0 Å². The van der Waals surface area contributed by atoms with E-state index in [1.54, 1.807) is 0 Å². The van der Waals surface area contributed by atoms with Crippen LogP contribution >= 0.6 is 0 Å². The number of hydrogen-bond acceptors (Lipinski definition) is 3. The van der Waals surface area contributed by atoms with Crippen molar-refractivity contribution in [2.24, 2.45) is 5.92 Å². The van der Waals surface area contributed by atoms with Gasteiger partial charge in [0.25, 0.3) is 0 Å². The lowest BCUT2D eigenvalue weighted by Crippen LogP contribution is -2.44. The summed E-state index contributed by atoms with van der Waals surface area (Å²) >= 11 is 0. The lowest BCUT2D eigenvalue weighted by Gasteiger charge is -2.43. The average Bonchev–Trinajstić information content (AvgIpc) is 2.36. The Kier molecular flexibility index (Phi) is 5.46. The van der Waals surface area contributed by atoms with Gasteiger partial charge < -0.3 is 14.8 Å². The second-order valence-corrected chi connectivity index (χ2v) is 6.25. The van der Waals surface area contributed by atoms with E-state index in [1.807, 2.05) is 0 Å². The van der Waals surface area contributed by atoms with E-state index in [2.05, 4.69) is 19.2 Å². The molecule has 2 aliphatic heterocycles. The maximum atomic E-state index is 6.09. The third-order valence-electron chi connectivity index (χ3n) is 4.34. The summed E-state index contributed by atoms with van der Waals surface area (Å²) in [6, 6.07) is 0.613. The fourth-order valence-corrected chi connectivity index (χ4v) is 3.25. The van der Waals surface area contributed by atoms with Gasteiger partial charge in [-0.1, -0.05) is 13.8 Å². The number of hydrogen-bond donors (Lipinski definition) is 1. The zero-order valence-corrected chi connectivity index (χ0v) is 12.0. The molecule has 0 amide bonds. The highest BCUT2D eigenvalue weighted by molar-refractivity contribution is 4.89. The van der Waals surface area contributed by atoms with Crippen LogP contribution in [0.25, 0.3) is 0 Å². The Balaban J connectivity index is 1.69. The van der Waals surface area contributed by atoms with Crippen LogP contribution in [0.1, 0.15) is 52.4 Å². The molecule has 2 heterocycles. The molecule has 2 fully saturated rings. The van der Waals surface area contributed by atoms with Gasteiger partial charge >= 0.3 is 0 Å². The monoisotopic (exact) mass is 255 g/mol. The molecule has 2 rings (SSSR count). The molecular weight excluding hydrogens is 226 g/mol. The molecule has 0 saturated carbocycles. The molecule has 0 bridgehead atoms. The largest absolute Gasteiger partial charge is 0.381 e. The van der Waals surface area contributed by atoms with Crippen LogP contribution in [0.4, 0.5) is 0 Å². The van der Waals surface area contributed by atoms with E-state index in [1.165, 1.54) is 25.7 Å². The van der Waals surface area contributed by atoms with E-state index in [0.717, 1.165) is 45.1 Å². The highest BCUT2D eigenvalue weighted by Gasteiger charge is 2.38. The highest BCUT2D eigenvalue weighted by atomic mass is 16.5. The first-order valence-corrected chi connectivity index (χ1v) is 7.65. The van der Waals surface area contributed by atoms with E-state index < -0.39 is 0 Å². The Morgan fingerprint density at radius 3 is 2.72 bits per heavy atom. The van der Waals surface area contributed by atoms with Gasteiger partial charge in [0.05, 0.1) is 5.60 Å². The van der Waals surface area contributed by atoms with Crippen molar-refractivity contribution in [1.82, 2.24) is 5.32 Å². The molecule has 3 heteroatoms. The minimum absolute atomic E-state index is 0.173. The van der Waals surface area contributed by atoms with Gasteiger partial charge in [-0.25, -0.2) is 0 Å². The quantitative estimate of drug-likeness (QED) is 0.766. The fraction of sp³-hybridized carbons (Fsp3) is 1.00. The predicted octanol–water partition coefficient (Wildman–Crippen LogP) is 2.74. The summed E-state index contributed by atoms with van der Waals surface area (Å²) in [5.74, 6) is 0.866. The van der Waals surface area contributed by atoms with Gasteiger partial charge in [0, 0.05) is 25.9 Å². The fourth-order valence-electron chi connectivity index (χ4n) is 3.25. The van der Waals surface area contributed by atoms with Gasteiger partial charge in [0.15, 0.2) is 0 Å². The van der Waals surface area contributed by atoms with Gasteiger partial charge in [-0.05, 0) is 51.0 Å². The normalized spacial score (nSPS) is 27.8. The maximum absolute atomic E-state index is 6.09. The molecule has 18 heavy (non-hydrogen) atoms. The number of ether oxygens (including phenoxy) is 2. The Morgan fingerprint density at radius 2 is 2.00 bits per heavy atom. The molecule has 3 nitrogen and oxygen atoms in total. The molecule has 0 aliphatic carbocycles. The molecular formula is C15H29NO2. The second kappa shape index (κ2) is 6.88. The third kappa shape index (κ3) is 4.22. The maximum Gasteiger partial charge on any atom is 0.0729 e. The van der Waals surface area contributed by atoms with Gasteiger partial charge in [-0.2, -0.15) is 0 Å². The lowest BCUT2D eigenvalue weighted by molar-refractivity contribution is -0.147. The first-order chi connectivity index (χ1) is 8.70. The molecule has 2 aliphatic rings. The zero-order valence-electron chi connectivity index (χ0n) is 12.0. The standard InChI is InChI=1S/C15H29NO2/c1-13(2)16-8-3-4-14-5-9-18-15(12-14)6-10-17-11-7-15/h13-14,16H,3-12H2,1-2H3. The van der Waals surface area contributed by atoms with Crippen LogP contribution in [0, 0.1) is 5.92 Å². The summed E-state index contributed by atoms with van der Waals surface area (Å²) in [6.07, 6.45) is 7.38. The van der Waals surface area contributed by atoms with E-state index in [-0.39, 0.29) is 5.60 Å². The summed E-state index contributed by atoms with van der Waals surface area (Å²) in [5, 5.41) is 3.50. The summed E-state index contributed by atoms with van der Waals surface area (Å²) in [5.41, 5.74) is 0.173. The van der Waals surface area contributed by atoms with Gasteiger partial charge in [-0.15, -0.1) is 0 Å². The van der Waals surface area contributed by atoms with Crippen LogP contribution in [0.5, 0.6) is 0 Å². The summed E-state index contributed by atoms with van der Waals surface area (Å²) in [4.78, 5) is 0. The van der Waals surface area contributed by atoms with E-state index in [4.69, 9.17) is 9.47 Å². The molecule has 1 unspecified atom stereocenters. The van der Waals surface area contributed by atoms with E-state index >= 15 is 0 Å². The highest BCUT2D eigenvalue weighted by Crippen LogP contribution is 2.38. The Morgan fingerprint density at radius 1 is 1.22 bits per heavy atom. The van der Waals surface area contributed by atoms with Crippen LogP contribution < -0.4 is 5.32 Å². The minimum atomic E-state index is 0.173. The second-order valence-electron chi connectivity index (χ2n) is 6.25. The van der Waals surface area contributed by atoms with Crippen molar-refractivity contribution >= 4 is 0 Å². The molecule has 0 radical (unpaired) electrons. The van der Waals surface area contributed by atoms with Gasteiger partial charge in [0.2, 0.25) is 0 Å². The van der Waals surface area contributed by atoms with Crippen molar-refractivity contribution in [2.75, 3.05) is 26.4 Å². The number of rotatable bonds is 5. The third-order valence-corrected chi connectivity index (χ3v) is 4.34. The summed E-state index contributed by atoms with van der Waals surface area (Å²) in [7, 11) is 0. The Hall–Kier alpha value is -0.120. The molecule has 1 atom stereocenters. The minimum Gasteiger partial charge on any atom is -0.381 e. The SMILES string of the molecule is CC(C)NCCCC1CCOC2(CCOCC2)C1. The van der Waals surface area contributed by atoms with Gasteiger partial charge in [-0.3, -0.25) is 0 Å². The molecule has 1 N–H and O–H groups in total. The lowest BCUT2D eigenvalue weighted by atomic mass is 9.79. The first kappa shape index (κ1) is 14.3. The van der Waals surface area contributed by atoms with Crippen LogP contribution in [-0.4, -0.2) is 38.0 Å². The smallest absolute Gasteiger partial charge is 0.0729 e. The van der Waals surface area contributed by atoms with E-state index in [9.17, 15) is 0 Å². The molecule has 0 aromatic heterocycles. The van der Waals surface area contributed by atoms with Crippen LogP contribution in [0.2, 0.25) is 0 Å². The first-order valence-electron chi connectivity index (χ1n) is 7.65. The van der Waals surface area contributed by atoms with Crippen LogP contribution in [0.3, 0.4) is 0 Å². The van der Waals surface area contributed by atoms with Crippen LogP contribution in [0.15, 0.2) is 0 Å². The van der Waals surface area contributed by atoms with Crippen molar-refractivity contribution in [3.05, 3.63) is 0 Å². The van der Waals surface area contributed by atoms with Gasteiger partial charge in [0.1, 0.15) is 0 Å². The molecule has 0 aromatic carbocycles. The van der Waals surface area contributed by atoms with Crippen molar-refractivity contribution in [2.45, 2.75) is 64.0 Å². The van der Waals surface area contributed by atoms with E-state index in [0.29, 0.717) is 6.04 Å². The predicted molar refractivity (Wildman–Crippen MR) is 73.8 cm³/mol. The summed E-state index contributed by atoms with van der Waals surface area (Å²) in [6.45, 7) is 8.33. The Bertz CT molecular complexity index is 231. The van der Waals surface area contributed by atoms with Crippen molar-refractivity contribution in [1.29, 1.82) is 0 Å². The number of nitrogens with one attached hydrogen (secondary N) is 1. The molecule has 106 valence electrons. The van der Waals surface area contributed by atoms with Crippen LogP contribution in [-0.2, 0) is 9.47 Å². The Labute approximate surface area is 112 Å². The average molecular weight is 255 g/mol. The van der Waals surface area contributed by atoms with Crippen molar-refractivity contribution in [3.8, 4) is 0 Å². The molecule has 2 saturated heterocycles. The molecule has 1 spiro atoms. The topological polar surface area (TPSA) is 30.5 Å². The molecule has 0 aromatic rings. The summed E-state index contributed by atoms with van der Waals surface area (Å²) < 4.78 is 11.6. The van der Waals surface area contributed by atoms with Crippen molar-refractivity contribution < 1.29 is 9.47 Å². The zero-order chi connectivity index (χ0) is 12.8.